The zero-order chi connectivity index (χ0) is 14.8. The summed E-state index contributed by atoms with van der Waals surface area (Å²) >= 11 is 0. The van der Waals surface area contributed by atoms with E-state index in [9.17, 15) is 0 Å². The molecule has 0 saturated heterocycles. The molecule has 108 valence electrons. The Morgan fingerprint density at radius 2 is 1.57 bits per heavy atom. The second-order valence-electron chi connectivity index (χ2n) is 4.28. The van der Waals surface area contributed by atoms with Crippen LogP contribution in [0.3, 0.4) is 0 Å². The first-order valence-corrected chi connectivity index (χ1v) is 6.89. The zero-order valence-corrected chi connectivity index (χ0v) is 11.8. The summed E-state index contributed by atoms with van der Waals surface area (Å²) < 4.78 is 11.3. The molecule has 0 saturated carbocycles. The van der Waals surface area contributed by atoms with Crippen LogP contribution in [-0.4, -0.2) is 24.9 Å². The van der Waals surface area contributed by atoms with E-state index in [0.29, 0.717) is 19.6 Å². The maximum atomic E-state index is 8.74. The zero-order valence-electron chi connectivity index (χ0n) is 11.8. The maximum Gasteiger partial charge on any atom is 0.135 e. The van der Waals surface area contributed by atoms with Crippen molar-refractivity contribution in [1.29, 1.82) is 0 Å². The number of aliphatic hydroxyl groups excluding tert-OH is 1. The van der Waals surface area contributed by atoms with Gasteiger partial charge in [0, 0.05) is 6.42 Å². The Morgan fingerprint density at radius 3 is 2.38 bits per heavy atom. The van der Waals surface area contributed by atoms with Gasteiger partial charge in [0.1, 0.15) is 24.7 Å². The van der Waals surface area contributed by atoms with Gasteiger partial charge in [-0.3, -0.25) is 0 Å². The fourth-order valence-electron chi connectivity index (χ4n) is 1.74. The number of aliphatic hydroxyl groups is 1. The van der Waals surface area contributed by atoms with Gasteiger partial charge in [-0.25, -0.2) is 0 Å². The summed E-state index contributed by atoms with van der Waals surface area (Å²) in [5.41, 5.74) is 0.825. The molecule has 0 bridgehead atoms. The molecule has 3 heteroatoms. The normalized spacial score (nSPS) is 9.57. The maximum absolute atomic E-state index is 8.74. The van der Waals surface area contributed by atoms with Crippen LogP contribution in [0.1, 0.15) is 12.0 Å². The molecule has 0 atom stereocenters. The lowest BCUT2D eigenvalue weighted by molar-refractivity contribution is 0.217. The smallest absolute Gasteiger partial charge is 0.135 e. The first kappa shape index (κ1) is 15.0. The van der Waals surface area contributed by atoms with Gasteiger partial charge in [-0.1, -0.05) is 42.2 Å². The van der Waals surface area contributed by atoms with Crippen LogP contribution in [0.2, 0.25) is 0 Å². The van der Waals surface area contributed by atoms with E-state index in [-0.39, 0.29) is 6.61 Å². The fourth-order valence-corrected chi connectivity index (χ4v) is 1.74. The van der Waals surface area contributed by atoms with E-state index in [2.05, 4.69) is 11.8 Å². The van der Waals surface area contributed by atoms with E-state index in [0.717, 1.165) is 17.1 Å². The summed E-state index contributed by atoms with van der Waals surface area (Å²) in [5.74, 6) is 7.46. The van der Waals surface area contributed by atoms with Crippen molar-refractivity contribution in [1.82, 2.24) is 0 Å². The van der Waals surface area contributed by atoms with Crippen molar-refractivity contribution in [3.63, 3.8) is 0 Å². The molecule has 1 N–H and O–H groups in total. The molecule has 0 radical (unpaired) electrons. The second-order valence-corrected chi connectivity index (χ2v) is 4.28. The van der Waals surface area contributed by atoms with E-state index in [1.165, 1.54) is 0 Å². The van der Waals surface area contributed by atoms with Crippen molar-refractivity contribution in [2.45, 2.75) is 6.42 Å². The minimum Gasteiger partial charge on any atom is -0.490 e. The predicted octanol–water partition coefficient (Wildman–Crippen LogP) is 2.88. The molecule has 0 spiro atoms. The second kappa shape index (κ2) is 8.68. The Bertz CT molecular complexity index is 597. The largest absolute Gasteiger partial charge is 0.490 e. The molecule has 2 rings (SSSR count). The van der Waals surface area contributed by atoms with Gasteiger partial charge < -0.3 is 14.6 Å². The third-order valence-corrected chi connectivity index (χ3v) is 2.70. The molecule has 0 aliphatic carbocycles. The highest BCUT2D eigenvalue weighted by atomic mass is 16.5. The van der Waals surface area contributed by atoms with Gasteiger partial charge in [0.15, 0.2) is 0 Å². The van der Waals surface area contributed by atoms with Crippen LogP contribution >= 0.6 is 0 Å². The average molecular weight is 282 g/mol. The van der Waals surface area contributed by atoms with Gasteiger partial charge in [0.05, 0.1) is 12.2 Å². The third kappa shape index (κ3) is 5.21. The van der Waals surface area contributed by atoms with Crippen LogP contribution in [0.4, 0.5) is 0 Å². The number of benzene rings is 2. The van der Waals surface area contributed by atoms with E-state index >= 15 is 0 Å². The van der Waals surface area contributed by atoms with Gasteiger partial charge in [-0.05, 0) is 24.3 Å². The van der Waals surface area contributed by atoms with E-state index in [4.69, 9.17) is 14.6 Å². The monoisotopic (exact) mass is 282 g/mol. The van der Waals surface area contributed by atoms with E-state index in [1.807, 2.05) is 54.6 Å². The fraction of sp³-hybridized carbons (Fsp3) is 0.222. The first-order chi connectivity index (χ1) is 10.4. The predicted molar refractivity (Wildman–Crippen MR) is 82.5 cm³/mol. The van der Waals surface area contributed by atoms with Gasteiger partial charge in [-0.15, -0.1) is 0 Å². The Hall–Kier alpha value is -2.44. The molecule has 21 heavy (non-hydrogen) atoms. The molecule has 0 fully saturated rings. The first-order valence-electron chi connectivity index (χ1n) is 6.89. The molecule has 0 amide bonds. The lowest BCUT2D eigenvalue weighted by Crippen LogP contribution is -2.09. The van der Waals surface area contributed by atoms with Crippen molar-refractivity contribution < 1.29 is 14.6 Å². The number of hydrogen-bond acceptors (Lipinski definition) is 3. The van der Waals surface area contributed by atoms with E-state index in [1.54, 1.807) is 0 Å². The number of hydrogen-bond donors (Lipinski definition) is 1. The summed E-state index contributed by atoms with van der Waals surface area (Å²) in [6, 6.07) is 17.2. The van der Waals surface area contributed by atoms with Crippen molar-refractivity contribution in [2.75, 3.05) is 19.8 Å². The highest BCUT2D eigenvalue weighted by Gasteiger charge is 2.00. The minimum atomic E-state index is 0.0704. The van der Waals surface area contributed by atoms with Gasteiger partial charge >= 0.3 is 0 Å². The SMILES string of the molecule is OCCC#Cc1ccccc1OCCOc1ccccc1. The van der Waals surface area contributed by atoms with Crippen LogP contribution in [-0.2, 0) is 0 Å². The highest BCUT2D eigenvalue weighted by molar-refractivity contribution is 5.45. The quantitative estimate of drug-likeness (QED) is 0.654. The van der Waals surface area contributed by atoms with Crippen LogP contribution in [0.25, 0.3) is 0 Å². The number of ether oxygens (including phenoxy) is 2. The van der Waals surface area contributed by atoms with E-state index < -0.39 is 0 Å². The Balaban J connectivity index is 1.84. The lowest BCUT2D eigenvalue weighted by Gasteiger charge is -2.09. The summed E-state index contributed by atoms with van der Waals surface area (Å²) in [5, 5.41) is 8.74. The Morgan fingerprint density at radius 1 is 0.857 bits per heavy atom. The molecule has 0 unspecified atom stereocenters. The van der Waals surface area contributed by atoms with Gasteiger partial charge in [-0.2, -0.15) is 0 Å². The molecule has 3 nitrogen and oxygen atoms in total. The summed E-state index contributed by atoms with van der Waals surface area (Å²) in [7, 11) is 0. The van der Waals surface area contributed by atoms with Crippen molar-refractivity contribution in [3.05, 3.63) is 60.2 Å². The van der Waals surface area contributed by atoms with Crippen molar-refractivity contribution >= 4 is 0 Å². The standard InChI is InChI=1S/C18H18O3/c19-13-7-6-9-16-8-4-5-12-18(16)21-15-14-20-17-10-2-1-3-11-17/h1-5,8,10-12,19H,7,13-15H2. The molecule has 2 aromatic carbocycles. The highest BCUT2D eigenvalue weighted by Crippen LogP contribution is 2.16. The molecule has 0 aliphatic rings. The molecule has 0 aliphatic heterocycles. The third-order valence-electron chi connectivity index (χ3n) is 2.70. The van der Waals surface area contributed by atoms with Crippen molar-refractivity contribution in [3.8, 4) is 23.3 Å². The number of rotatable bonds is 6. The topological polar surface area (TPSA) is 38.7 Å². The van der Waals surface area contributed by atoms with Gasteiger partial charge in [0.25, 0.3) is 0 Å². The minimum absolute atomic E-state index is 0.0704. The number of para-hydroxylation sites is 2. The molecule has 0 aromatic heterocycles. The Kier molecular flexibility index (Phi) is 6.18. The van der Waals surface area contributed by atoms with Gasteiger partial charge in [0.2, 0.25) is 0 Å². The van der Waals surface area contributed by atoms with Crippen LogP contribution in [0.15, 0.2) is 54.6 Å². The molecule has 2 aromatic rings. The molecular weight excluding hydrogens is 264 g/mol. The molecule has 0 heterocycles. The summed E-state index contributed by atoms with van der Waals surface area (Å²) in [6.07, 6.45) is 0.464. The van der Waals surface area contributed by atoms with Crippen molar-refractivity contribution in [2.24, 2.45) is 0 Å². The van der Waals surface area contributed by atoms with Crippen LogP contribution in [0, 0.1) is 11.8 Å². The van der Waals surface area contributed by atoms with Crippen LogP contribution < -0.4 is 9.47 Å². The molecular formula is C18H18O3. The Labute approximate surface area is 125 Å². The average Bonchev–Trinajstić information content (AvgIpc) is 2.54. The summed E-state index contributed by atoms with van der Waals surface area (Å²) in [4.78, 5) is 0. The summed E-state index contributed by atoms with van der Waals surface area (Å²) in [6.45, 7) is 0.997. The van der Waals surface area contributed by atoms with Crippen LogP contribution in [0.5, 0.6) is 11.5 Å². The lowest BCUT2D eigenvalue weighted by atomic mass is 10.2.